The van der Waals surface area contributed by atoms with E-state index in [0.717, 1.165) is 26.6 Å². The highest BCUT2D eigenvalue weighted by molar-refractivity contribution is 7.92. The molecule has 3 rings (SSSR count). The summed E-state index contributed by atoms with van der Waals surface area (Å²) in [5.74, 6) is -0.398. The number of anilines is 2. The van der Waals surface area contributed by atoms with Gasteiger partial charge in [0.1, 0.15) is 6.54 Å². The van der Waals surface area contributed by atoms with Crippen molar-refractivity contribution in [3.05, 3.63) is 89.0 Å². The molecule has 6 heteroatoms. The molecule has 30 heavy (non-hydrogen) atoms. The Morgan fingerprint density at radius 2 is 1.40 bits per heavy atom. The van der Waals surface area contributed by atoms with E-state index < -0.39 is 15.9 Å². The first-order valence-corrected chi connectivity index (χ1v) is 11.1. The molecular weight excluding hydrogens is 396 g/mol. The molecule has 0 bridgehead atoms. The van der Waals surface area contributed by atoms with Gasteiger partial charge in [0.2, 0.25) is 5.91 Å². The van der Waals surface area contributed by atoms with Crippen LogP contribution in [0, 0.1) is 27.7 Å². The Kier molecular flexibility index (Phi) is 6.27. The van der Waals surface area contributed by atoms with Gasteiger partial charge in [-0.3, -0.25) is 9.10 Å². The standard InChI is InChI=1S/C24H26N2O3S/c1-17-10-12-21(13-11-17)26(30(28,29)22-8-6-5-7-9-22)16-23(27)25-24-19(3)14-18(2)15-20(24)4/h5-15H,16H2,1-4H3,(H,25,27). The fraction of sp³-hybridized carbons (Fsp3) is 0.208. The first-order valence-electron chi connectivity index (χ1n) is 9.70. The second-order valence-corrected chi connectivity index (χ2v) is 9.34. The third-order valence-corrected chi connectivity index (χ3v) is 6.67. The van der Waals surface area contributed by atoms with Gasteiger partial charge in [0.15, 0.2) is 0 Å². The molecule has 0 spiro atoms. The number of rotatable bonds is 6. The average molecular weight is 423 g/mol. The van der Waals surface area contributed by atoms with Gasteiger partial charge in [0.25, 0.3) is 10.0 Å². The molecule has 3 aromatic carbocycles. The molecular formula is C24H26N2O3S. The largest absolute Gasteiger partial charge is 0.324 e. The second-order valence-electron chi connectivity index (χ2n) is 7.48. The highest BCUT2D eigenvalue weighted by Gasteiger charge is 2.27. The van der Waals surface area contributed by atoms with Gasteiger partial charge in [-0.15, -0.1) is 0 Å². The Morgan fingerprint density at radius 1 is 0.833 bits per heavy atom. The van der Waals surface area contributed by atoms with Crippen molar-refractivity contribution in [3.63, 3.8) is 0 Å². The number of amides is 1. The molecule has 0 aromatic heterocycles. The summed E-state index contributed by atoms with van der Waals surface area (Å²) >= 11 is 0. The minimum absolute atomic E-state index is 0.140. The van der Waals surface area contributed by atoms with Gasteiger partial charge in [0.05, 0.1) is 10.6 Å². The van der Waals surface area contributed by atoms with Crippen molar-refractivity contribution in [3.8, 4) is 0 Å². The number of nitrogens with zero attached hydrogens (tertiary/aromatic N) is 1. The van der Waals surface area contributed by atoms with Crippen molar-refractivity contribution in [1.29, 1.82) is 0 Å². The van der Waals surface area contributed by atoms with Crippen LogP contribution in [0.15, 0.2) is 71.6 Å². The van der Waals surface area contributed by atoms with Gasteiger partial charge in [-0.2, -0.15) is 0 Å². The number of sulfonamides is 1. The third-order valence-electron chi connectivity index (χ3n) is 4.88. The molecule has 0 heterocycles. The molecule has 0 saturated heterocycles. The maximum absolute atomic E-state index is 13.3. The summed E-state index contributed by atoms with van der Waals surface area (Å²) in [4.78, 5) is 13.1. The molecule has 156 valence electrons. The minimum atomic E-state index is -3.91. The van der Waals surface area contributed by atoms with Crippen molar-refractivity contribution in [2.75, 3.05) is 16.2 Å². The molecule has 0 radical (unpaired) electrons. The Bertz CT molecular complexity index is 1130. The number of aryl methyl sites for hydroxylation is 4. The summed E-state index contributed by atoms with van der Waals surface area (Å²) in [7, 11) is -3.91. The highest BCUT2D eigenvalue weighted by atomic mass is 32.2. The molecule has 0 aliphatic heterocycles. The van der Waals surface area contributed by atoms with E-state index in [4.69, 9.17) is 0 Å². The topological polar surface area (TPSA) is 66.5 Å². The van der Waals surface area contributed by atoms with Crippen LogP contribution in [-0.2, 0) is 14.8 Å². The fourth-order valence-electron chi connectivity index (χ4n) is 3.43. The normalized spacial score (nSPS) is 11.2. The summed E-state index contributed by atoms with van der Waals surface area (Å²) in [6, 6.07) is 19.2. The molecule has 0 atom stereocenters. The van der Waals surface area contributed by atoms with E-state index in [-0.39, 0.29) is 11.4 Å². The summed E-state index contributed by atoms with van der Waals surface area (Å²) in [6.07, 6.45) is 0. The SMILES string of the molecule is Cc1ccc(N(CC(=O)Nc2c(C)cc(C)cc2C)S(=O)(=O)c2ccccc2)cc1. The van der Waals surface area contributed by atoms with E-state index in [2.05, 4.69) is 5.32 Å². The van der Waals surface area contributed by atoms with Crippen LogP contribution in [0.3, 0.4) is 0 Å². The molecule has 0 unspecified atom stereocenters. The van der Waals surface area contributed by atoms with E-state index in [0.29, 0.717) is 11.4 Å². The van der Waals surface area contributed by atoms with Gasteiger partial charge in [0, 0.05) is 5.69 Å². The van der Waals surface area contributed by atoms with Crippen LogP contribution < -0.4 is 9.62 Å². The molecule has 5 nitrogen and oxygen atoms in total. The predicted molar refractivity (Wildman–Crippen MR) is 121 cm³/mol. The molecule has 1 N–H and O–H groups in total. The summed E-state index contributed by atoms with van der Waals surface area (Å²) in [5.41, 5.74) is 5.15. The predicted octanol–water partition coefficient (Wildman–Crippen LogP) is 4.75. The number of carbonyl (C=O) groups excluding carboxylic acids is 1. The zero-order chi connectivity index (χ0) is 21.9. The van der Waals surface area contributed by atoms with Crippen molar-refractivity contribution in [2.45, 2.75) is 32.6 Å². The Labute approximate surface area is 178 Å². The van der Waals surface area contributed by atoms with Gasteiger partial charge in [-0.25, -0.2) is 8.42 Å². The fourth-order valence-corrected chi connectivity index (χ4v) is 4.87. The number of nitrogens with one attached hydrogen (secondary N) is 1. The molecule has 0 fully saturated rings. The number of hydrogen-bond donors (Lipinski definition) is 1. The van der Waals surface area contributed by atoms with E-state index in [1.165, 1.54) is 12.1 Å². The maximum atomic E-state index is 13.3. The molecule has 1 amide bonds. The van der Waals surface area contributed by atoms with E-state index in [9.17, 15) is 13.2 Å². The summed E-state index contributed by atoms with van der Waals surface area (Å²) < 4.78 is 27.8. The van der Waals surface area contributed by atoms with Gasteiger partial charge in [-0.1, -0.05) is 53.6 Å². The van der Waals surface area contributed by atoms with Crippen LogP contribution in [-0.4, -0.2) is 20.9 Å². The molecule has 3 aromatic rings. The van der Waals surface area contributed by atoms with Crippen LogP contribution in [0.2, 0.25) is 0 Å². The molecule has 0 aliphatic rings. The van der Waals surface area contributed by atoms with Crippen molar-refractivity contribution < 1.29 is 13.2 Å². The highest BCUT2D eigenvalue weighted by Crippen LogP contribution is 2.25. The minimum Gasteiger partial charge on any atom is -0.324 e. The Balaban J connectivity index is 1.95. The quantitative estimate of drug-likeness (QED) is 0.623. The Morgan fingerprint density at radius 3 is 1.97 bits per heavy atom. The van der Waals surface area contributed by atoms with E-state index in [1.54, 1.807) is 30.3 Å². The second kappa shape index (κ2) is 8.71. The maximum Gasteiger partial charge on any atom is 0.264 e. The van der Waals surface area contributed by atoms with Crippen LogP contribution in [0.4, 0.5) is 11.4 Å². The zero-order valence-corrected chi connectivity index (χ0v) is 18.5. The first-order chi connectivity index (χ1) is 14.2. The lowest BCUT2D eigenvalue weighted by molar-refractivity contribution is -0.114. The van der Waals surface area contributed by atoms with Crippen LogP contribution in [0.5, 0.6) is 0 Å². The molecule has 0 aliphatic carbocycles. The Hall–Kier alpha value is -3.12. The average Bonchev–Trinajstić information content (AvgIpc) is 2.70. The van der Waals surface area contributed by atoms with E-state index >= 15 is 0 Å². The number of hydrogen-bond acceptors (Lipinski definition) is 3. The lowest BCUT2D eigenvalue weighted by Crippen LogP contribution is -2.38. The van der Waals surface area contributed by atoms with Gasteiger partial charge >= 0.3 is 0 Å². The van der Waals surface area contributed by atoms with Gasteiger partial charge < -0.3 is 5.32 Å². The lowest BCUT2D eigenvalue weighted by Gasteiger charge is -2.24. The third kappa shape index (κ3) is 4.71. The van der Waals surface area contributed by atoms with Crippen LogP contribution in [0.25, 0.3) is 0 Å². The number of benzene rings is 3. The van der Waals surface area contributed by atoms with Crippen LogP contribution in [0.1, 0.15) is 22.3 Å². The smallest absolute Gasteiger partial charge is 0.264 e. The van der Waals surface area contributed by atoms with E-state index in [1.807, 2.05) is 52.0 Å². The van der Waals surface area contributed by atoms with Gasteiger partial charge in [-0.05, 0) is 63.1 Å². The van der Waals surface area contributed by atoms with Crippen molar-refractivity contribution in [1.82, 2.24) is 0 Å². The molecule has 0 saturated carbocycles. The van der Waals surface area contributed by atoms with Crippen LogP contribution >= 0.6 is 0 Å². The first kappa shape index (κ1) is 21.6. The summed E-state index contributed by atoms with van der Waals surface area (Å²) in [6.45, 7) is 7.45. The monoisotopic (exact) mass is 422 g/mol. The lowest BCUT2D eigenvalue weighted by atomic mass is 10.1. The zero-order valence-electron chi connectivity index (χ0n) is 17.6. The number of carbonyl (C=O) groups is 1. The van der Waals surface area contributed by atoms with Crippen molar-refractivity contribution in [2.24, 2.45) is 0 Å². The summed E-state index contributed by atoms with van der Waals surface area (Å²) in [5, 5.41) is 2.90. The van der Waals surface area contributed by atoms with Crippen molar-refractivity contribution >= 4 is 27.3 Å².